The lowest BCUT2D eigenvalue weighted by molar-refractivity contribution is -0.125. The van der Waals surface area contributed by atoms with Crippen LogP contribution < -0.4 is 5.32 Å². The van der Waals surface area contributed by atoms with Gasteiger partial charge in [-0.15, -0.1) is 11.6 Å². The SMILES string of the molecule is CCCC(NC(C)=O)C(=O)CCl. The fourth-order valence-corrected chi connectivity index (χ4v) is 1.13. The van der Waals surface area contributed by atoms with Gasteiger partial charge < -0.3 is 5.32 Å². The number of ketones is 1. The first kappa shape index (κ1) is 11.4. The van der Waals surface area contributed by atoms with E-state index < -0.39 is 6.04 Å². The second-order valence-corrected chi connectivity index (χ2v) is 2.91. The van der Waals surface area contributed by atoms with E-state index in [0.717, 1.165) is 6.42 Å². The van der Waals surface area contributed by atoms with Crippen molar-refractivity contribution in [2.75, 3.05) is 5.88 Å². The Bertz CT molecular complexity index is 170. The maximum atomic E-state index is 11.1. The van der Waals surface area contributed by atoms with Crippen LogP contribution in [0.25, 0.3) is 0 Å². The van der Waals surface area contributed by atoms with Crippen LogP contribution >= 0.6 is 11.6 Å². The molecule has 4 heteroatoms. The number of rotatable bonds is 5. The number of halogens is 1. The van der Waals surface area contributed by atoms with Crippen LogP contribution in [0.4, 0.5) is 0 Å². The van der Waals surface area contributed by atoms with Crippen molar-refractivity contribution in [3.05, 3.63) is 0 Å². The first-order valence-electron chi connectivity index (χ1n) is 3.97. The van der Waals surface area contributed by atoms with Crippen LogP contribution in [0.1, 0.15) is 26.7 Å². The van der Waals surface area contributed by atoms with Crippen molar-refractivity contribution < 1.29 is 9.59 Å². The molecule has 0 aromatic rings. The summed E-state index contributed by atoms with van der Waals surface area (Å²) in [6, 6.07) is -0.398. The Morgan fingerprint density at radius 2 is 2.08 bits per heavy atom. The average molecular weight is 192 g/mol. The van der Waals surface area contributed by atoms with Crippen molar-refractivity contribution in [3.8, 4) is 0 Å². The average Bonchev–Trinajstić information content (AvgIpc) is 2.01. The van der Waals surface area contributed by atoms with Crippen molar-refractivity contribution in [3.63, 3.8) is 0 Å². The van der Waals surface area contributed by atoms with Gasteiger partial charge in [0.2, 0.25) is 5.91 Å². The summed E-state index contributed by atoms with van der Waals surface area (Å²) in [6.45, 7) is 3.35. The van der Waals surface area contributed by atoms with Crippen molar-refractivity contribution in [2.45, 2.75) is 32.7 Å². The van der Waals surface area contributed by atoms with E-state index >= 15 is 0 Å². The van der Waals surface area contributed by atoms with Gasteiger partial charge in [0.05, 0.1) is 11.9 Å². The smallest absolute Gasteiger partial charge is 0.217 e. The molecule has 0 aliphatic carbocycles. The predicted molar refractivity (Wildman–Crippen MR) is 48.2 cm³/mol. The molecular formula is C8H14ClNO2. The van der Waals surface area contributed by atoms with E-state index in [0.29, 0.717) is 6.42 Å². The van der Waals surface area contributed by atoms with E-state index in [1.807, 2.05) is 6.92 Å². The molecular weight excluding hydrogens is 178 g/mol. The molecule has 0 aromatic heterocycles. The van der Waals surface area contributed by atoms with Gasteiger partial charge >= 0.3 is 0 Å². The molecule has 0 heterocycles. The van der Waals surface area contributed by atoms with Crippen LogP contribution in [0.5, 0.6) is 0 Å². The normalized spacial score (nSPS) is 12.2. The van der Waals surface area contributed by atoms with E-state index in [1.165, 1.54) is 6.92 Å². The second-order valence-electron chi connectivity index (χ2n) is 2.64. The third kappa shape index (κ3) is 4.34. The molecule has 0 aromatic carbocycles. The lowest BCUT2D eigenvalue weighted by atomic mass is 10.1. The Balaban J connectivity index is 4.02. The lowest BCUT2D eigenvalue weighted by Crippen LogP contribution is -2.40. The van der Waals surface area contributed by atoms with Gasteiger partial charge in [0, 0.05) is 6.92 Å². The minimum Gasteiger partial charge on any atom is -0.346 e. The zero-order valence-corrected chi connectivity index (χ0v) is 8.15. The fraction of sp³-hybridized carbons (Fsp3) is 0.750. The van der Waals surface area contributed by atoms with Crippen molar-refractivity contribution >= 4 is 23.3 Å². The topological polar surface area (TPSA) is 46.2 Å². The number of nitrogens with one attached hydrogen (secondary N) is 1. The molecule has 0 saturated carbocycles. The Labute approximate surface area is 77.5 Å². The van der Waals surface area contributed by atoms with Gasteiger partial charge in [-0.25, -0.2) is 0 Å². The lowest BCUT2D eigenvalue weighted by Gasteiger charge is -2.13. The zero-order valence-electron chi connectivity index (χ0n) is 7.39. The molecule has 12 heavy (non-hydrogen) atoms. The molecule has 70 valence electrons. The third-order valence-corrected chi connectivity index (χ3v) is 1.74. The summed E-state index contributed by atoms with van der Waals surface area (Å²) in [6.07, 6.45) is 1.51. The van der Waals surface area contributed by atoms with Crippen LogP contribution in [-0.4, -0.2) is 23.6 Å². The summed E-state index contributed by atoms with van der Waals surface area (Å²) < 4.78 is 0. The minimum absolute atomic E-state index is 0.0368. The first-order chi connectivity index (χ1) is 5.61. The molecule has 0 aliphatic rings. The molecule has 0 spiro atoms. The molecule has 1 unspecified atom stereocenters. The predicted octanol–water partition coefficient (Wildman–Crippen LogP) is 1.10. The Morgan fingerprint density at radius 1 is 1.50 bits per heavy atom. The van der Waals surface area contributed by atoms with Gasteiger partial charge in [-0.1, -0.05) is 13.3 Å². The largest absolute Gasteiger partial charge is 0.346 e. The van der Waals surface area contributed by atoms with E-state index in [-0.39, 0.29) is 17.6 Å². The molecule has 0 aliphatic heterocycles. The van der Waals surface area contributed by atoms with Gasteiger partial charge in [0.1, 0.15) is 0 Å². The van der Waals surface area contributed by atoms with Crippen LogP contribution in [0.15, 0.2) is 0 Å². The van der Waals surface area contributed by atoms with Gasteiger partial charge in [0.15, 0.2) is 5.78 Å². The van der Waals surface area contributed by atoms with Crippen LogP contribution in [0, 0.1) is 0 Å². The number of hydrogen-bond acceptors (Lipinski definition) is 2. The highest BCUT2D eigenvalue weighted by molar-refractivity contribution is 6.28. The molecule has 1 amide bonds. The molecule has 0 bridgehead atoms. The number of Topliss-reactive ketones (excluding diaryl/α,β-unsaturated/α-hetero) is 1. The van der Waals surface area contributed by atoms with E-state index in [1.54, 1.807) is 0 Å². The summed E-state index contributed by atoms with van der Waals surface area (Å²) in [5.74, 6) is -0.342. The Hall–Kier alpha value is -0.570. The summed E-state index contributed by atoms with van der Waals surface area (Å²) in [5, 5.41) is 2.56. The highest BCUT2D eigenvalue weighted by atomic mass is 35.5. The molecule has 0 rings (SSSR count). The van der Waals surface area contributed by atoms with Crippen LogP contribution in [-0.2, 0) is 9.59 Å². The number of carbonyl (C=O) groups is 2. The highest BCUT2D eigenvalue weighted by Gasteiger charge is 2.16. The summed E-state index contributed by atoms with van der Waals surface area (Å²) >= 11 is 5.37. The fourth-order valence-electron chi connectivity index (χ4n) is 0.941. The number of amides is 1. The van der Waals surface area contributed by atoms with E-state index in [4.69, 9.17) is 11.6 Å². The van der Waals surface area contributed by atoms with Gasteiger partial charge in [-0.2, -0.15) is 0 Å². The van der Waals surface area contributed by atoms with Crippen LogP contribution in [0.3, 0.4) is 0 Å². The first-order valence-corrected chi connectivity index (χ1v) is 4.51. The molecule has 1 N–H and O–H groups in total. The molecule has 0 fully saturated rings. The quantitative estimate of drug-likeness (QED) is 0.662. The van der Waals surface area contributed by atoms with Crippen molar-refractivity contribution in [1.82, 2.24) is 5.32 Å². The molecule has 3 nitrogen and oxygen atoms in total. The minimum atomic E-state index is -0.398. The standard InChI is InChI=1S/C8H14ClNO2/c1-3-4-7(8(12)5-9)10-6(2)11/h7H,3-5H2,1-2H3,(H,10,11). The van der Waals surface area contributed by atoms with Gasteiger partial charge in [-0.05, 0) is 6.42 Å². The zero-order chi connectivity index (χ0) is 9.56. The highest BCUT2D eigenvalue weighted by Crippen LogP contribution is 1.99. The molecule has 0 saturated heterocycles. The third-order valence-electron chi connectivity index (χ3n) is 1.48. The van der Waals surface area contributed by atoms with Crippen molar-refractivity contribution in [2.24, 2.45) is 0 Å². The van der Waals surface area contributed by atoms with Crippen LogP contribution in [0.2, 0.25) is 0 Å². The molecule has 1 atom stereocenters. The number of carbonyl (C=O) groups excluding carboxylic acids is 2. The maximum absolute atomic E-state index is 11.1. The summed E-state index contributed by atoms with van der Waals surface area (Å²) in [4.78, 5) is 21.7. The van der Waals surface area contributed by atoms with Gasteiger partial charge in [-0.3, -0.25) is 9.59 Å². The Kier molecular flexibility index (Phi) is 5.72. The summed E-state index contributed by atoms with van der Waals surface area (Å²) in [7, 11) is 0. The van der Waals surface area contributed by atoms with E-state index in [9.17, 15) is 9.59 Å². The maximum Gasteiger partial charge on any atom is 0.217 e. The summed E-state index contributed by atoms with van der Waals surface area (Å²) in [5.41, 5.74) is 0. The second kappa shape index (κ2) is 6.00. The number of alkyl halides is 1. The van der Waals surface area contributed by atoms with Crippen molar-refractivity contribution in [1.29, 1.82) is 0 Å². The number of hydrogen-bond donors (Lipinski definition) is 1. The monoisotopic (exact) mass is 191 g/mol. The van der Waals surface area contributed by atoms with E-state index in [2.05, 4.69) is 5.32 Å². The Morgan fingerprint density at radius 3 is 2.42 bits per heavy atom. The van der Waals surface area contributed by atoms with Gasteiger partial charge in [0.25, 0.3) is 0 Å². The molecule has 0 radical (unpaired) electrons.